The van der Waals surface area contributed by atoms with Crippen molar-refractivity contribution in [2.75, 3.05) is 4.90 Å². The van der Waals surface area contributed by atoms with Crippen molar-refractivity contribution in [3.63, 3.8) is 0 Å². The van der Waals surface area contributed by atoms with Gasteiger partial charge in [0.2, 0.25) is 0 Å². The maximum absolute atomic E-state index is 11.7. The molecule has 17 heavy (non-hydrogen) atoms. The van der Waals surface area contributed by atoms with Crippen LogP contribution in [0, 0.1) is 0 Å². The zero-order valence-electron chi connectivity index (χ0n) is 8.08. The number of carbonyl (C=O) groups is 2. The zero-order valence-corrected chi connectivity index (χ0v) is 10.3. The molecule has 1 N–H and O–H groups in total. The van der Waals surface area contributed by atoms with Crippen molar-refractivity contribution >= 4 is 52.3 Å². The first-order chi connectivity index (χ1) is 7.93. The number of rotatable bonds is 1. The predicted molar refractivity (Wildman–Crippen MR) is 64.3 cm³/mol. The third kappa shape index (κ3) is 1.88. The number of halogens is 3. The van der Waals surface area contributed by atoms with Crippen LogP contribution in [-0.4, -0.2) is 16.9 Å². The molecule has 0 radical (unpaired) electrons. The van der Waals surface area contributed by atoms with Gasteiger partial charge >= 0.3 is 0 Å². The highest BCUT2D eigenvalue weighted by Crippen LogP contribution is 2.37. The first kappa shape index (κ1) is 12.2. The van der Waals surface area contributed by atoms with Crippen LogP contribution in [0.4, 0.5) is 5.69 Å². The van der Waals surface area contributed by atoms with Crippen molar-refractivity contribution in [2.24, 2.45) is 0 Å². The van der Waals surface area contributed by atoms with E-state index in [0.717, 1.165) is 0 Å². The van der Waals surface area contributed by atoms with Crippen LogP contribution in [0.1, 0.15) is 0 Å². The molecule has 4 nitrogen and oxygen atoms in total. The number of hydrogen-bond donors (Lipinski definition) is 1. The smallest absolute Gasteiger partial charge is 0.278 e. The average Bonchev–Trinajstić information content (AvgIpc) is 2.48. The standard InChI is InChI=1S/C10H4Cl3NO3/c11-4-1-2-6(15)5(3-4)14-9(16)7(12)8(13)10(14)17/h1-3,15H. The van der Waals surface area contributed by atoms with Gasteiger partial charge in [-0.2, -0.15) is 0 Å². The van der Waals surface area contributed by atoms with Crippen LogP contribution in [0.3, 0.4) is 0 Å². The summed E-state index contributed by atoms with van der Waals surface area (Å²) in [6, 6.07) is 3.95. The van der Waals surface area contributed by atoms with E-state index in [1.165, 1.54) is 18.2 Å². The molecule has 1 aliphatic heterocycles. The van der Waals surface area contributed by atoms with Gasteiger partial charge in [0.1, 0.15) is 15.8 Å². The molecular weight excluding hydrogens is 288 g/mol. The highest BCUT2D eigenvalue weighted by Gasteiger charge is 2.39. The van der Waals surface area contributed by atoms with E-state index < -0.39 is 11.8 Å². The second-order valence-electron chi connectivity index (χ2n) is 3.21. The summed E-state index contributed by atoms with van der Waals surface area (Å²) in [4.78, 5) is 24.0. The lowest BCUT2D eigenvalue weighted by Crippen LogP contribution is -2.30. The molecule has 2 amide bonds. The average molecular weight is 293 g/mol. The maximum atomic E-state index is 11.7. The number of phenols is 1. The van der Waals surface area contributed by atoms with Crippen LogP contribution < -0.4 is 4.90 Å². The van der Waals surface area contributed by atoms with E-state index in [1.807, 2.05) is 0 Å². The summed E-state index contributed by atoms with van der Waals surface area (Å²) in [6.07, 6.45) is 0. The van der Waals surface area contributed by atoms with E-state index in [-0.39, 0.29) is 26.5 Å². The molecule has 1 aliphatic rings. The van der Waals surface area contributed by atoms with Gasteiger partial charge in [0.15, 0.2) is 0 Å². The number of carbonyl (C=O) groups excluding carboxylic acids is 2. The van der Waals surface area contributed by atoms with Crippen LogP contribution >= 0.6 is 34.8 Å². The van der Waals surface area contributed by atoms with Gasteiger partial charge in [-0.05, 0) is 18.2 Å². The van der Waals surface area contributed by atoms with Crippen LogP contribution in [0.2, 0.25) is 5.02 Å². The topological polar surface area (TPSA) is 57.6 Å². The van der Waals surface area contributed by atoms with Crippen LogP contribution in [0.5, 0.6) is 5.75 Å². The Morgan fingerprint density at radius 2 is 1.53 bits per heavy atom. The summed E-state index contributed by atoms with van der Waals surface area (Å²) in [5.74, 6) is -1.86. The highest BCUT2D eigenvalue weighted by molar-refractivity contribution is 6.62. The lowest BCUT2D eigenvalue weighted by Gasteiger charge is -2.15. The van der Waals surface area contributed by atoms with Crippen LogP contribution in [0.15, 0.2) is 28.3 Å². The van der Waals surface area contributed by atoms with Gasteiger partial charge in [-0.25, -0.2) is 4.90 Å². The number of imide groups is 1. The molecule has 0 aliphatic carbocycles. The lowest BCUT2D eigenvalue weighted by molar-refractivity contribution is -0.120. The largest absolute Gasteiger partial charge is 0.506 e. The Hall–Kier alpha value is -1.23. The number of benzene rings is 1. The summed E-state index contributed by atoms with van der Waals surface area (Å²) < 4.78 is 0. The molecular formula is C10H4Cl3NO3. The van der Waals surface area contributed by atoms with Crippen LogP contribution in [-0.2, 0) is 9.59 Å². The molecule has 1 aromatic rings. The number of phenolic OH excluding ortho intramolecular Hbond substituents is 1. The lowest BCUT2D eigenvalue weighted by atomic mass is 10.2. The second kappa shape index (κ2) is 4.22. The monoisotopic (exact) mass is 291 g/mol. The third-order valence-corrected chi connectivity index (χ3v) is 3.19. The maximum Gasteiger partial charge on any atom is 0.278 e. The minimum Gasteiger partial charge on any atom is -0.506 e. The number of nitrogens with zero attached hydrogens (tertiary/aromatic N) is 1. The van der Waals surface area contributed by atoms with Gasteiger partial charge in [0, 0.05) is 5.02 Å². The quantitative estimate of drug-likeness (QED) is 0.810. The fourth-order valence-corrected chi connectivity index (χ4v) is 1.87. The van der Waals surface area contributed by atoms with E-state index in [0.29, 0.717) is 4.90 Å². The minimum absolute atomic E-state index is 0.0544. The number of hydrogen-bond acceptors (Lipinski definition) is 3. The summed E-state index contributed by atoms with van der Waals surface area (Å²) in [5.41, 5.74) is -0.0544. The number of amides is 2. The molecule has 0 spiro atoms. The van der Waals surface area contributed by atoms with Crippen molar-refractivity contribution < 1.29 is 14.7 Å². The van der Waals surface area contributed by atoms with Crippen molar-refractivity contribution in [3.8, 4) is 5.75 Å². The first-order valence-corrected chi connectivity index (χ1v) is 5.49. The van der Waals surface area contributed by atoms with E-state index >= 15 is 0 Å². The summed E-state index contributed by atoms with van der Waals surface area (Å²) in [5, 5.41) is 9.10. The molecule has 0 atom stereocenters. The fraction of sp³-hybridized carbons (Fsp3) is 0. The molecule has 0 saturated carbocycles. The molecule has 2 rings (SSSR count). The van der Waals surface area contributed by atoms with E-state index in [9.17, 15) is 14.7 Å². The summed E-state index contributed by atoms with van der Waals surface area (Å²) >= 11 is 16.9. The molecule has 1 aromatic carbocycles. The highest BCUT2D eigenvalue weighted by atomic mass is 35.5. The molecule has 0 saturated heterocycles. The SMILES string of the molecule is O=C1C(Cl)=C(Cl)C(=O)N1c1cc(Cl)ccc1O. The summed E-state index contributed by atoms with van der Waals surface area (Å²) in [7, 11) is 0. The van der Waals surface area contributed by atoms with Gasteiger partial charge in [-0.1, -0.05) is 34.8 Å². The number of aromatic hydroxyl groups is 1. The molecule has 88 valence electrons. The van der Waals surface area contributed by atoms with Crippen molar-refractivity contribution in [1.82, 2.24) is 0 Å². The molecule has 0 aromatic heterocycles. The Kier molecular flexibility index (Phi) is 3.03. The molecule has 7 heteroatoms. The molecule has 0 unspecified atom stereocenters. The van der Waals surface area contributed by atoms with Gasteiger partial charge in [0.25, 0.3) is 11.8 Å². The Labute approximate surface area is 111 Å². The Morgan fingerprint density at radius 1 is 1.00 bits per heavy atom. The first-order valence-electron chi connectivity index (χ1n) is 4.36. The van der Waals surface area contributed by atoms with Gasteiger partial charge in [-0.3, -0.25) is 9.59 Å². The van der Waals surface area contributed by atoms with E-state index in [1.54, 1.807) is 0 Å². The van der Waals surface area contributed by atoms with Crippen LogP contribution in [0.25, 0.3) is 0 Å². The Balaban J connectivity index is 2.54. The third-order valence-electron chi connectivity index (χ3n) is 2.15. The molecule has 0 bridgehead atoms. The van der Waals surface area contributed by atoms with Crippen molar-refractivity contribution in [2.45, 2.75) is 0 Å². The van der Waals surface area contributed by atoms with E-state index in [2.05, 4.69) is 0 Å². The molecule has 0 fully saturated rings. The van der Waals surface area contributed by atoms with E-state index in [4.69, 9.17) is 34.8 Å². The zero-order chi connectivity index (χ0) is 12.7. The minimum atomic E-state index is -0.792. The fourth-order valence-electron chi connectivity index (χ4n) is 1.37. The second-order valence-corrected chi connectivity index (χ2v) is 4.40. The summed E-state index contributed by atoms with van der Waals surface area (Å²) in [6.45, 7) is 0. The van der Waals surface area contributed by atoms with Gasteiger partial charge < -0.3 is 5.11 Å². The van der Waals surface area contributed by atoms with Gasteiger partial charge in [0.05, 0.1) is 5.69 Å². The number of anilines is 1. The predicted octanol–water partition coefficient (Wildman–Crippen LogP) is 2.61. The van der Waals surface area contributed by atoms with Crippen molar-refractivity contribution in [1.29, 1.82) is 0 Å². The van der Waals surface area contributed by atoms with Crippen molar-refractivity contribution in [3.05, 3.63) is 33.3 Å². The van der Waals surface area contributed by atoms with Gasteiger partial charge in [-0.15, -0.1) is 0 Å². The Bertz CT molecular complexity index is 544. The Morgan fingerprint density at radius 3 is 2.06 bits per heavy atom. The molecule has 1 heterocycles. The normalized spacial score (nSPS) is 16.1.